The summed E-state index contributed by atoms with van der Waals surface area (Å²) in [5.74, 6) is 1.40. The maximum atomic E-state index is 14.7. The van der Waals surface area contributed by atoms with Crippen LogP contribution in [0.1, 0.15) is 12.8 Å². The van der Waals surface area contributed by atoms with E-state index in [9.17, 15) is 9.18 Å². The van der Waals surface area contributed by atoms with Crippen molar-refractivity contribution >= 4 is 17.5 Å². The molecule has 1 saturated carbocycles. The van der Waals surface area contributed by atoms with E-state index in [2.05, 4.69) is 30.9 Å². The predicted octanol–water partition coefficient (Wildman–Crippen LogP) is 2.55. The Morgan fingerprint density at radius 1 is 1.33 bits per heavy atom. The molecule has 1 aromatic rings. The maximum Gasteiger partial charge on any atom is 0.319 e. The predicted molar refractivity (Wildman–Crippen MR) is 108 cm³/mol. The van der Waals surface area contributed by atoms with Gasteiger partial charge in [0.2, 0.25) is 5.62 Å². The molecule has 1 fully saturated rings. The van der Waals surface area contributed by atoms with E-state index in [0.717, 1.165) is 24.2 Å². The number of amides is 2. The average Bonchev–Trinajstić information content (AvgIpc) is 3.40. The lowest BCUT2D eigenvalue weighted by Gasteiger charge is -2.17. The molecule has 2 amide bonds. The van der Waals surface area contributed by atoms with Crippen LogP contribution in [0.4, 0.5) is 20.7 Å². The van der Waals surface area contributed by atoms with Gasteiger partial charge in [0.15, 0.2) is 23.1 Å². The van der Waals surface area contributed by atoms with Gasteiger partial charge in [-0.25, -0.2) is 14.2 Å². The van der Waals surface area contributed by atoms with Crippen molar-refractivity contribution in [3.63, 3.8) is 0 Å². The molecule has 0 saturated heterocycles. The molecule has 3 N–H and O–H groups in total. The van der Waals surface area contributed by atoms with Gasteiger partial charge >= 0.3 is 6.03 Å². The van der Waals surface area contributed by atoms with E-state index in [-0.39, 0.29) is 17.8 Å². The number of fused-ring (bicyclic) bond motifs is 3. The van der Waals surface area contributed by atoms with Crippen LogP contribution < -0.4 is 26.3 Å². The van der Waals surface area contributed by atoms with Gasteiger partial charge in [0, 0.05) is 49.7 Å². The van der Waals surface area contributed by atoms with Crippen molar-refractivity contribution in [1.29, 1.82) is 0 Å². The lowest BCUT2D eigenvalue weighted by molar-refractivity contribution is 0.251. The molecule has 30 heavy (non-hydrogen) atoms. The Kier molecular flexibility index (Phi) is 4.46. The SMILES string of the molecule is CN=c1ncc2cc(Oc3ccc(NC(=O)NC4CC4)cc3F)c3n(c-2n1)CCN3. The van der Waals surface area contributed by atoms with Crippen LogP contribution in [0.2, 0.25) is 0 Å². The molecule has 1 aliphatic carbocycles. The van der Waals surface area contributed by atoms with Crippen LogP contribution in [0.25, 0.3) is 11.4 Å². The number of carbonyl (C=O) groups is 1. The first-order valence-electron chi connectivity index (χ1n) is 9.73. The quantitative estimate of drug-likeness (QED) is 0.614. The van der Waals surface area contributed by atoms with Crippen molar-refractivity contribution in [3.8, 4) is 22.9 Å². The number of benzene rings is 1. The minimum Gasteiger partial charge on any atom is -0.450 e. The maximum absolute atomic E-state index is 14.7. The monoisotopic (exact) mass is 409 g/mol. The van der Waals surface area contributed by atoms with Crippen LogP contribution in [-0.2, 0) is 6.54 Å². The third-order valence-electron chi connectivity index (χ3n) is 4.98. The molecular formula is C20H20FN7O2. The summed E-state index contributed by atoms with van der Waals surface area (Å²) in [7, 11) is 1.64. The van der Waals surface area contributed by atoms with E-state index < -0.39 is 5.82 Å². The first-order valence-corrected chi connectivity index (χ1v) is 9.73. The molecule has 0 aromatic heterocycles. The first kappa shape index (κ1) is 18.3. The molecule has 9 nitrogen and oxygen atoms in total. The van der Waals surface area contributed by atoms with E-state index in [4.69, 9.17) is 4.74 Å². The highest BCUT2D eigenvalue weighted by Crippen LogP contribution is 2.38. The number of halogens is 1. The molecule has 0 bridgehead atoms. The van der Waals surface area contributed by atoms with E-state index in [1.165, 1.54) is 12.1 Å². The summed E-state index contributed by atoms with van der Waals surface area (Å²) in [4.78, 5) is 24.5. The second-order valence-corrected chi connectivity index (χ2v) is 7.23. The normalized spacial score (nSPS) is 15.6. The highest BCUT2D eigenvalue weighted by molar-refractivity contribution is 5.89. The van der Waals surface area contributed by atoms with Crippen LogP contribution in [-0.4, -0.2) is 40.2 Å². The molecule has 4 aliphatic rings. The van der Waals surface area contributed by atoms with Gasteiger partial charge < -0.3 is 25.3 Å². The molecule has 1 aromatic carbocycles. The largest absolute Gasteiger partial charge is 0.450 e. The zero-order chi connectivity index (χ0) is 20.7. The molecule has 0 radical (unpaired) electrons. The minimum atomic E-state index is -0.576. The zero-order valence-electron chi connectivity index (χ0n) is 16.3. The fraction of sp³-hybridized carbons (Fsp3) is 0.300. The van der Waals surface area contributed by atoms with Crippen molar-refractivity contribution in [2.75, 3.05) is 24.2 Å². The Balaban J connectivity index is 1.43. The van der Waals surface area contributed by atoms with Gasteiger partial charge in [-0.1, -0.05) is 0 Å². The number of hydrogen-bond acceptors (Lipinski definition) is 6. The molecule has 5 rings (SSSR count). The van der Waals surface area contributed by atoms with Gasteiger partial charge in [0.05, 0.1) is 0 Å². The first-order chi connectivity index (χ1) is 14.6. The summed E-state index contributed by atoms with van der Waals surface area (Å²) in [6, 6.07) is 5.99. The Morgan fingerprint density at radius 2 is 2.20 bits per heavy atom. The summed E-state index contributed by atoms with van der Waals surface area (Å²) in [5, 5.41) is 8.69. The van der Waals surface area contributed by atoms with Gasteiger partial charge in [-0.3, -0.25) is 4.99 Å². The van der Waals surface area contributed by atoms with Crippen LogP contribution >= 0.6 is 0 Å². The van der Waals surface area contributed by atoms with E-state index in [0.29, 0.717) is 36.0 Å². The average molecular weight is 409 g/mol. The topological polar surface area (TPSA) is 105 Å². The number of carbonyl (C=O) groups excluding carboxylic acids is 1. The van der Waals surface area contributed by atoms with Gasteiger partial charge in [0.1, 0.15) is 5.82 Å². The number of rotatable bonds is 4. The number of pyridine rings is 1. The van der Waals surface area contributed by atoms with E-state index in [1.54, 1.807) is 25.4 Å². The smallest absolute Gasteiger partial charge is 0.319 e. The van der Waals surface area contributed by atoms with Crippen LogP contribution in [0.5, 0.6) is 11.5 Å². The summed E-state index contributed by atoms with van der Waals surface area (Å²) in [5.41, 5.74) is 1.52. The van der Waals surface area contributed by atoms with Crippen molar-refractivity contribution in [2.45, 2.75) is 25.4 Å². The zero-order valence-corrected chi connectivity index (χ0v) is 16.3. The molecule has 0 atom stereocenters. The van der Waals surface area contributed by atoms with Gasteiger partial charge in [-0.15, -0.1) is 0 Å². The Bertz CT molecular complexity index is 1170. The van der Waals surface area contributed by atoms with Crippen molar-refractivity contribution in [3.05, 3.63) is 41.9 Å². The fourth-order valence-electron chi connectivity index (χ4n) is 3.37. The summed E-state index contributed by atoms with van der Waals surface area (Å²) < 4.78 is 22.5. The molecule has 154 valence electrons. The minimum absolute atomic E-state index is 0.0556. The molecule has 3 heterocycles. The van der Waals surface area contributed by atoms with Gasteiger partial charge in [-0.05, 0) is 31.0 Å². The number of nitrogens with zero attached hydrogens (tertiary/aromatic N) is 4. The highest BCUT2D eigenvalue weighted by Gasteiger charge is 2.24. The van der Waals surface area contributed by atoms with E-state index >= 15 is 0 Å². The molecule has 0 unspecified atom stereocenters. The summed E-state index contributed by atoms with van der Waals surface area (Å²) in [6.07, 6.45) is 3.64. The second kappa shape index (κ2) is 7.29. The molecular weight excluding hydrogens is 389 g/mol. The number of anilines is 2. The second-order valence-electron chi connectivity index (χ2n) is 7.23. The standard InChI is InChI=1S/C20H20FN7O2/c1-22-19-24-10-11-8-16(18-23-6-7-28(18)17(11)27-19)30-15-5-4-13(9-14(15)21)26-20(29)25-12-2-3-12/h4-5,8-10,12,23H,2-3,6-7H2,1H3,(H2,25,26,29). The van der Waals surface area contributed by atoms with Gasteiger partial charge in [0.25, 0.3) is 0 Å². The third-order valence-corrected chi connectivity index (χ3v) is 4.98. The lowest BCUT2D eigenvalue weighted by Crippen LogP contribution is -2.30. The van der Waals surface area contributed by atoms with Crippen LogP contribution in [0.15, 0.2) is 35.5 Å². The van der Waals surface area contributed by atoms with Crippen molar-refractivity contribution in [1.82, 2.24) is 19.9 Å². The summed E-state index contributed by atoms with van der Waals surface area (Å²) >= 11 is 0. The molecule has 3 aliphatic heterocycles. The van der Waals surface area contributed by atoms with Crippen molar-refractivity contribution in [2.24, 2.45) is 4.99 Å². The summed E-state index contributed by atoms with van der Waals surface area (Å²) in [6.45, 7) is 1.41. The Labute approximate surface area is 171 Å². The van der Waals surface area contributed by atoms with Crippen LogP contribution in [0, 0.1) is 5.82 Å². The number of aromatic nitrogens is 3. The number of nitrogens with one attached hydrogen (secondary N) is 3. The number of ether oxygens (including phenoxy) is 1. The number of hydrogen-bond donors (Lipinski definition) is 3. The molecule has 0 spiro atoms. The lowest BCUT2D eigenvalue weighted by atomic mass is 10.2. The van der Waals surface area contributed by atoms with Crippen LogP contribution in [0.3, 0.4) is 0 Å². The number of urea groups is 1. The van der Waals surface area contributed by atoms with Gasteiger partial charge in [-0.2, -0.15) is 4.98 Å². The van der Waals surface area contributed by atoms with Crippen molar-refractivity contribution < 1.29 is 13.9 Å². The third kappa shape index (κ3) is 3.51. The van der Waals surface area contributed by atoms with E-state index in [1.807, 2.05) is 4.57 Å². The Morgan fingerprint density at radius 3 is 2.97 bits per heavy atom. The molecule has 10 heteroatoms. The fourth-order valence-corrected chi connectivity index (χ4v) is 3.37. The highest BCUT2D eigenvalue weighted by atomic mass is 19.1. The Hall–Kier alpha value is -3.69.